The van der Waals surface area contributed by atoms with E-state index in [1.165, 1.54) is 0 Å². The fourth-order valence-corrected chi connectivity index (χ4v) is 3.44. The Morgan fingerprint density at radius 3 is 2.90 bits per heavy atom. The Morgan fingerprint density at radius 2 is 2.24 bits per heavy atom. The van der Waals surface area contributed by atoms with Crippen LogP contribution in [0.4, 0.5) is 4.39 Å². The Hall–Kier alpha value is -1.69. The largest absolute Gasteiger partial charge is 0.475 e. The van der Waals surface area contributed by atoms with Gasteiger partial charge in [0.2, 0.25) is 5.88 Å². The van der Waals surface area contributed by atoms with Crippen LogP contribution in [0.15, 0.2) is 18.3 Å². The van der Waals surface area contributed by atoms with Gasteiger partial charge in [-0.2, -0.15) is 10.1 Å². The molecule has 0 amide bonds. The van der Waals surface area contributed by atoms with Crippen LogP contribution in [-0.2, 0) is 10.3 Å². The standard InChI is InChI=1S/C15H18FN3O2/c1-10(2)21-12-4-3-11-5-19(18-13(11)17-12)14-6-15(7-14,8-16)20-9-14/h3-5,10H,6-9H2,1-2H3. The number of nitrogens with zero attached hydrogens (tertiary/aromatic N) is 3. The summed E-state index contributed by atoms with van der Waals surface area (Å²) in [7, 11) is 0. The summed E-state index contributed by atoms with van der Waals surface area (Å²) < 4.78 is 26.1. The third kappa shape index (κ3) is 1.85. The second-order valence-corrected chi connectivity index (χ2v) is 6.49. The Labute approximate surface area is 122 Å². The van der Waals surface area contributed by atoms with Crippen LogP contribution in [0.25, 0.3) is 11.0 Å². The molecule has 21 heavy (non-hydrogen) atoms. The van der Waals surface area contributed by atoms with E-state index in [-0.39, 0.29) is 11.6 Å². The second kappa shape index (κ2) is 4.16. The van der Waals surface area contributed by atoms with E-state index in [0.717, 1.165) is 5.39 Å². The summed E-state index contributed by atoms with van der Waals surface area (Å²) in [5, 5.41) is 5.52. The SMILES string of the molecule is CC(C)Oc1ccc2cn(C34COC(CF)(C3)C4)nc2n1. The van der Waals surface area contributed by atoms with E-state index in [1.54, 1.807) is 0 Å². The molecule has 2 saturated heterocycles. The number of alkyl halides is 1. The Morgan fingerprint density at radius 1 is 1.43 bits per heavy atom. The maximum absolute atomic E-state index is 13.0. The Bertz CT molecular complexity index is 691. The number of ether oxygens (including phenoxy) is 2. The maximum Gasteiger partial charge on any atom is 0.215 e. The third-order valence-electron chi connectivity index (χ3n) is 4.38. The fourth-order valence-electron chi connectivity index (χ4n) is 3.44. The minimum atomic E-state index is -0.558. The number of fused-ring (bicyclic) bond motifs is 2. The molecule has 0 unspecified atom stereocenters. The lowest BCUT2D eigenvalue weighted by Gasteiger charge is -2.42. The van der Waals surface area contributed by atoms with Crippen LogP contribution in [0.1, 0.15) is 26.7 Å². The van der Waals surface area contributed by atoms with E-state index in [9.17, 15) is 4.39 Å². The first kappa shape index (κ1) is 13.0. The molecule has 0 N–H and O–H groups in total. The average molecular weight is 291 g/mol. The van der Waals surface area contributed by atoms with Gasteiger partial charge < -0.3 is 9.47 Å². The summed E-state index contributed by atoms with van der Waals surface area (Å²) in [4.78, 5) is 4.42. The van der Waals surface area contributed by atoms with Gasteiger partial charge in [-0.15, -0.1) is 0 Å². The van der Waals surface area contributed by atoms with E-state index < -0.39 is 12.3 Å². The number of rotatable bonds is 4. The molecular formula is C15H18FN3O2. The molecule has 6 heteroatoms. The smallest absolute Gasteiger partial charge is 0.215 e. The third-order valence-corrected chi connectivity index (χ3v) is 4.38. The lowest BCUT2D eigenvalue weighted by molar-refractivity contribution is -0.0336. The van der Waals surface area contributed by atoms with Crippen molar-refractivity contribution in [1.82, 2.24) is 14.8 Å². The zero-order chi connectivity index (χ0) is 14.7. The number of hydrogen-bond acceptors (Lipinski definition) is 4. The van der Waals surface area contributed by atoms with Crippen LogP contribution >= 0.6 is 0 Å². The lowest BCUT2D eigenvalue weighted by Crippen LogP contribution is -2.52. The number of pyridine rings is 1. The zero-order valence-corrected chi connectivity index (χ0v) is 12.2. The lowest BCUT2D eigenvalue weighted by atomic mass is 9.69. The molecule has 2 aromatic rings. The van der Waals surface area contributed by atoms with Crippen molar-refractivity contribution in [3.8, 4) is 5.88 Å². The first-order chi connectivity index (χ1) is 10.0. The summed E-state index contributed by atoms with van der Waals surface area (Å²) in [6.45, 7) is 4.04. The quantitative estimate of drug-likeness (QED) is 0.868. The van der Waals surface area contributed by atoms with Gasteiger partial charge >= 0.3 is 0 Å². The molecule has 0 aromatic carbocycles. The second-order valence-electron chi connectivity index (χ2n) is 6.49. The van der Waals surface area contributed by atoms with Gasteiger partial charge in [-0.05, 0) is 19.9 Å². The molecule has 112 valence electrons. The van der Waals surface area contributed by atoms with Crippen molar-refractivity contribution in [3.63, 3.8) is 0 Å². The highest BCUT2D eigenvalue weighted by molar-refractivity contribution is 5.74. The maximum atomic E-state index is 13.0. The fraction of sp³-hybridized carbons (Fsp3) is 0.600. The molecule has 5 rings (SSSR count). The molecule has 4 heterocycles. The minimum absolute atomic E-state index is 0.0793. The number of hydrogen-bond donors (Lipinski definition) is 0. The normalized spacial score (nSPS) is 30.9. The van der Waals surface area contributed by atoms with Gasteiger partial charge in [-0.1, -0.05) is 0 Å². The molecule has 0 spiro atoms. The van der Waals surface area contributed by atoms with Gasteiger partial charge in [-0.3, -0.25) is 4.68 Å². The highest BCUT2D eigenvalue weighted by Crippen LogP contribution is 2.56. The minimum Gasteiger partial charge on any atom is -0.475 e. The molecule has 3 fully saturated rings. The van der Waals surface area contributed by atoms with Crippen molar-refractivity contribution >= 4 is 11.0 Å². The molecule has 2 bridgehead atoms. The van der Waals surface area contributed by atoms with E-state index >= 15 is 0 Å². The van der Waals surface area contributed by atoms with Crippen LogP contribution in [0, 0.1) is 0 Å². The van der Waals surface area contributed by atoms with Crippen LogP contribution in [0.3, 0.4) is 0 Å². The van der Waals surface area contributed by atoms with Gasteiger partial charge in [0.1, 0.15) is 12.3 Å². The topological polar surface area (TPSA) is 49.2 Å². The van der Waals surface area contributed by atoms with Crippen molar-refractivity contribution in [2.75, 3.05) is 13.3 Å². The highest BCUT2D eigenvalue weighted by atomic mass is 19.1. The summed E-state index contributed by atoms with van der Waals surface area (Å²) in [6, 6.07) is 3.81. The van der Waals surface area contributed by atoms with Crippen LogP contribution in [-0.4, -0.2) is 39.8 Å². The van der Waals surface area contributed by atoms with Gasteiger partial charge in [0, 0.05) is 30.5 Å². The molecule has 5 nitrogen and oxygen atoms in total. The van der Waals surface area contributed by atoms with Crippen molar-refractivity contribution < 1.29 is 13.9 Å². The highest BCUT2D eigenvalue weighted by Gasteiger charge is 2.64. The molecule has 2 aromatic heterocycles. The van der Waals surface area contributed by atoms with Crippen molar-refractivity contribution in [3.05, 3.63) is 18.3 Å². The van der Waals surface area contributed by atoms with Crippen LogP contribution in [0.5, 0.6) is 5.88 Å². The zero-order valence-electron chi connectivity index (χ0n) is 12.2. The number of aromatic nitrogens is 3. The van der Waals surface area contributed by atoms with Gasteiger partial charge in [0.05, 0.1) is 18.2 Å². The van der Waals surface area contributed by atoms with E-state index in [0.29, 0.717) is 31.0 Å². The Balaban J connectivity index is 1.66. The van der Waals surface area contributed by atoms with E-state index in [1.807, 2.05) is 36.9 Å². The average Bonchev–Trinajstić information content (AvgIpc) is 3.07. The molecule has 0 radical (unpaired) electrons. The first-order valence-corrected chi connectivity index (χ1v) is 7.28. The van der Waals surface area contributed by atoms with Crippen molar-refractivity contribution in [2.24, 2.45) is 0 Å². The van der Waals surface area contributed by atoms with Gasteiger partial charge in [0.15, 0.2) is 5.65 Å². The van der Waals surface area contributed by atoms with E-state index in [2.05, 4.69) is 10.1 Å². The molecule has 3 aliphatic rings. The predicted octanol–water partition coefficient (Wildman–Crippen LogP) is 2.45. The summed E-state index contributed by atoms with van der Waals surface area (Å²) >= 11 is 0. The van der Waals surface area contributed by atoms with Crippen LogP contribution in [0.2, 0.25) is 0 Å². The molecule has 1 saturated carbocycles. The molecule has 0 atom stereocenters. The van der Waals surface area contributed by atoms with Crippen molar-refractivity contribution in [2.45, 2.75) is 43.9 Å². The summed E-state index contributed by atoms with van der Waals surface area (Å²) in [5.41, 5.74) is -0.0873. The first-order valence-electron chi connectivity index (χ1n) is 7.28. The summed E-state index contributed by atoms with van der Waals surface area (Å²) in [5.74, 6) is 0.578. The number of halogens is 1. The van der Waals surface area contributed by atoms with Gasteiger partial charge in [-0.25, -0.2) is 4.39 Å². The Kier molecular flexibility index (Phi) is 2.58. The monoisotopic (exact) mass is 291 g/mol. The van der Waals surface area contributed by atoms with Crippen LogP contribution < -0.4 is 4.74 Å². The van der Waals surface area contributed by atoms with Gasteiger partial charge in [0.25, 0.3) is 0 Å². The molecule has 1 aliphatic carbocycles. The predicted molar refractivity (Wildman–Crippen MR) is 75.2 cm³/mol. The molecular weight excluding hydrogens is 273 g/mol. The molecule has 2 aliphatic heterocycles. The van der Waals surface area contributed by atoms with E-state index in [4.69, 9.17) is 9.47 Å². The van der Waals surface area contributed by atoms with Crippen molar-refractivity contribution in [1.29, 1.82) is 0 Å². The summed E-state index contributed by atoms with van der Waals surface area (Å²) in [6.07, 6.45) is 3.44.